The Hall–Kier alpha value is -4.07. The minimum absolute atomic E-state index is 0.0152. The SMILES string of the molecule is CCC(C)C(NC(=O)OC(C)(C)C)C(=O)N(C(C)CCC(C)C)C(C(=O)Nc1ccc2ccccc2c1)c1cccc(O)c1. The molecule has 3 amide bonds. The van der Waals surface area contributed by atoms with E-state index in [1.54, 1.807) is 37.8 Å². The monoisotopic (exact) mass is 603 g/mol. The number of hydrogen-bond acceptors (Lipinski definition) is 5. The van der Waals surface area contributed by atoms with Crippen LogP contribution in [0.2, 0.25) is 0 Å². The van der Waals surface area contributed by atoms with Crippen LogP contribution in [0.3, 0.4) is 0 Å². The van der Waals surface area contributed by atoms with Crippen molar-refractivity contribution >= 4 is 34.4 Å². The third-order valence-electron chi connectivity index (χ3n) is 7.77. The van der Waals surface area contributed by atoms with Crippen LogP contribution in [-0.4, -0.2) is 45.6 Å². The summed E-state index contributed by atoms with van der Waals surface area (Å²) < 4.78 is 5.52. The van der Waals surface area contributed by atoms with Crippen LogP contribution < -0.4 is 10.6 Å². The van der Waals surface area contributed by atoms with Gasteiger partial charge in [-0.3, -0.25) is 9.59 Å². The Labute approximate surface area is 262 Å². The van der Waals surface area contributed by atoms with Crippen molar-refractivity contribution < 1.29 is 24.2 Å². The molecule has 0 aliphatic carbocycles. The van der Waals surface area contributed by atoms with Crippen molar-refractivity contribution in [1.82, 2.24) is 10.2 Å². The minimum Gasteiger partial charge on any atom is -0.508 e. The van der Waals surface area contributed by atoms with Crippen molar-refractivity contribution in [2.75, 3.05) is 5.32 Å². The summed E-state index contributed by atoms with van der Waals surface area (Å²) in [4.78, 5) is 43.5. The van der Waals surface area contributed by atoms with Gasteiger partial charge in [-0.2, -0.15) is 0 Å². The Kier molecular flexibility index (Phi) is 11.8. The number of nitrogens with zero attached hydrogens (tertiary/aromatic N) is 1. The van der Waals surface area contributed by atoms with Crippen LogP contribution >= 0.6 is 0 Å². The van der Waals surface area contributed by atoms with E-state index in [2.05, 4.69) is 24.5 Å². The number of phenolic OH excluding ortho intramolecular Hbond substituents is 1. The number of phenols is 1. The van der Waals surface area contributed by atoms with E-state index in [0.717, 1.165) is 17.2 Å². The highest BCUT2D eigenvalue weighted by Crippen LogP contribution is 2.32. The van der Waals surface area contributed by atoms with Crippen LogP contribution in [0.1, 0.15) is 86.3 Å². The summed E-state index contributed by atoms with van der Waals surface area (Å²) in [6.07, 6.45) is 1.39. The van der Waals surface area contributed by atoms with Gasteiger partial charge in [-0.25, -0.2) is 4.79 Å². The van der Waals surface area contributed by atoms with Gasteiger partial charge in [0.05, 0.1) is 0 Å². The van der Waals surface area contributed by atoms with Crippen LogP contribution in [0.5, 0.6) is 5.75 Å². The number of benzene rings is 3. The molecule has 0 spiro atoms. The van der Waals surface area contributed by atoms with E-state index in [4.69, 9.17) is 4.74 Å². The number of nitrogens with one attached hydrogen (secondary N) is 2. The Balaban J connectivity index is 2.11. The molecule has 44 heavy (non-hydrogen) atoms. The first-order chi connectivity index (χ1) is 20.7. The first-order valence-corrected chi connectivity index (χ1v) is 15.6. The van der Waals surface area contributed by atoms with Gasteiger partial charge in [0.2, 0.25) is 5.91 Å². The summed E-state index contributed by atoms with van der Waals surface area (Å²) >= 11 is 0. The number of carbonyl (C=O) groups excluding carboxylic acids is 3. The average molecular weight is 604 g/mol. The lowest BCUT2D eigenvalue weighted by molar-refractivity contribution is -0.144. The van der Waals surface area contributed by atoms with Crippen molar-refractivity contribution in [2.24, 2.45) is 11.8 Å². The van der Waals surface area contributed by atoms with E-state index in [-0.39, 0.29) is 23.6 Å². The van der Waals surface area contributed by atoms with Crippen molar-refractivity contribution in [3.63, 3.8) is 0 Å². The van der Waals surface area contributed by atoms with Crippen molar-refractivity contribution in [3.8, 4) is 5.75 Å². The van der Waals surface area contributed by atoms with Crippen molar-refractivity contribution in [2.45, 2.75) is 98.4 Å². The van der Waals surface area contributed by atoms with Gasteiger partial charge in [-0.15, -0.1) is 0 Å². The lowest BCUT2D eigenvalue weighted by atomic mass is 9.93. The molecule has 4 unspecified atom stereocenters. The van der Waals surface area contributed by atoms with Gasteiger partial charge in [0.15, 0.2) is 0 Å². The number of ether oxygens (including phenoxy) is 1. The zero-order valence-electron chi connectivity index (χ0n) is 27.4. The first kappa shape index (κ1) is 34.4. The molecule has 0 heterocycles. The highest BCUT2D eigenvalue weighted by Gasteiger charge is 2.40. The van der Waals surface area contributed by atoms with Crippen LogP contribution in [0.4, 0.5) is 10.5 Å². The maximum Gasteiger partial charge on any atom is 0.408 e. The van der Waals surface area contributed by atoms with E-state index in [1.807, 2.05) is 63.2 Å². The summed E-state index contributed by atoms with van der Waals surface area (Å²) in [6.45, 7) is 15.3. The minimum atomic E-state index is -1.09. The van der Waals surface area contributed by atoms with E-state index < -0.39 is 29.7 Å². The molecule has 0 saturated heterocycles. The van der Waals surface area contributed by atoms with Gasteiger partial charge in [0.1, 0.15) is 23.4 Å². The molecule has 3 aromatic rings. The van der Waals surface area contributed by atoms with E-state index in [1.165, 1.54) is 12.1 Å². The third-order valence-corrected chi connectivity index (χ3v) is 7.77. The number of fused-ring (bicyclic) bond motifs is 1. The first-order valence-electron chi connectivity index (χ1n) is 15.6. The molecule has 3 aromatic carbocycles. The number of rotatable bonds is 12. The quantitative estimate of drug-likeness (QED) is 0.196. The summed E-state index contributed by atoms with van der Waals surface area (Å²) in [5, 5.41) is 18.3. The molecule has 0 radical (unpaired) electrons. The highest BCUT2D eigenvalue weighted by atomic mass is 16.6. The smallest absolute Gasteiger partial charge is 0.408 e. The van der Waals surface area contributed by atoms with Gasteiger partial charge in [0.25, 0.3) is 5.91 Å². The molecular formula is C36H49N3O5. The molecule has 4 atom stereocenters. The van der Waals surface area contributed by atoms with Gasteiger partial charge >= 0.3 is 6.09 Å². The fourth-order valence-electron chi connectivity index (χ4n) is 5.20. The van der Waals surface area contributed by atoms with Crippen LogP contribution in [0.25, 0.3) is 10.8 Å². The average Bonchev–Trinajstić information content (AvgIpc) is 2.95. The molecule has 8 heteroatoms. The molecule has 0 saturated carbocycles. The van der Waals surface area contributed by atoms with Crippen molar-refractivity contribution in [1.29, 1.82) is 0 Å². The summed E-state index contributed by atoms with van der Waals surface area (Å²) in [5.74, 6) is -0.689. The van der Waals surface area contributed by atoms with Crippen molar-refractivity contribution in [3.05, 3.63) is 72.3 Å². The lowest BCUT2D eigenvalue weighted by Gasteiger charge is -2.40. The molecule has 0 aromatic heterocycles. The normalized spacial score (nSPS) is 14.4. The Morgan fingerprint density at radius 3 is 2.18 bits per heavy atom. The topological polar surface area (TPSA) is 108 Å². The second kappa shape index (κ2) is 15.1. The predicted octanol–water partition coefficient (Wildman–Crippen LogP) is 7.82. The second-order valence-electron chi connectivity index (χ2n) is 13.1. The second-order valence-corrected chi connectivity index (χ2v) is 13.1. The van der Waals surface area contributed by atoms with E-state index in [9.17, 15) is 19.5 Å². The molecule has 3 rings (SSSR count). The van der Waals surface area contributed by atoms with Gasteiger partial charge < -0.3 is 25.4 Å². The maximum absolute atomic E-state index is 14.7. The van der Waals surface area contributed by atoms with E-state index >= 15 is 0 Å². The largest absolute Gasteiger partial charge is 0.508 e. The van der Waals surface area contributed by atoms with Gasteiger partial charge in [-0.05, 0) is 93.0 Å². The highest BCUT2D eigenvalue weighted by molar-refractivity contribution is 6.00. The van der Waals surface area contributed by atoms with Crippen LogP contribution in [0, 0.1) is 11.8 Å². The molecule has 8 nitrogen and oxygen atoms in total. The number of hydrogen-bond donors (Lipinski definition) is 3. The molecule has 0 aliphatic rings. The number of carbonyl (C=O) groups is 3. The maximum atomic E-state index is 14.7. The lowest BCUT2D eigenvalue weighted by Crippen LogP contribution is -2.57. The van der Waals surface area contributed by atoms with E-state index in [0.29, 0.717) is 30.0 Å². The fraction of sp³-hybridized carbons (Fsp3) is 0.472. The Morgan fingerprint density at radius 2 is 1.57 bits per heavy atom. The van der Waals surface area contributed by atoms with Gasteiger partial charge in [-0.1, -0.05) is 76.6 Å². The third kappa shape index (κ3) is 9.46. The number of anilines is 1. The van der Waals surface area contributed by atoms with Crippen LogP contribution in [0.15, 0.2) is 66.7 Å². The number of amides is 3. The molecule has 3 N–H and O–H groups in total. The number of aromatic hydroxyl groups is 1. The zero-order chi connectivity index (χ0) is 32.6. The number of alkyl carbamates (subject to hydrolysis) is 1. The molecular weight excluding hydrogens is 554 g/mol. The molecule has 0 aliphatic heterocycles. The summed E-state index contributed by atoms with van der Waals surface area (Å²) in [7, 11) is 0. The molecule has 238 valence electrons. The Bertz CT molecular complexity index is 1430. The standard InChI is InChI=1S/C36H49N3O5/c1-9-24(4)31(38-35(43)44-36(6,7)8)34(42)39(25(5)18-17-23(2)3)32(28-15-12-16-30(40)22-28)33(41)37-29-20-19-26-13-10-11-14-27(26)21-29/h10-16,19-25,31-32,40H,9,17-18H2,1-8H3,(H,37,41)(H,38,43). The Morgan fingerprint density at radius 1 is 0.886 bits per heavy atom. The predicted molar refractivity (Wildman–Crippen MR) is 176 cm³/mol. The molecule has 0 bridgehead atoms. The van der Waals surface area contributed by atoms with Crippen LogP contribution in [-0.2, 0) is 14.3 Å². The fourth-order valence-corrected chi connectivity index (χ4v) is 5.20. The summed E-state index contributed by atoms with van der Waals surface area (Å²) in [5.41, 5.74) is 0.306. The summed E-state index contributed by atoms with van der Waals surface area (Å²) in [6, 6.07) is 17.6. The molecule has 0 fully saturated rings. The van der Waals surface area contributed by atoms with Gasteiger partial charge in [0, 0.05) is 11.7 Å². The zero-order valence-corrected chi connectivity index (χ0v) is 27.4.